The highest BCUT2D eigenvalue weighted by molar-refractivity contribution is 6.15. The normalized spacial score (nSPS) is 12.6. The van der Waals surface area contributed by atoms with Crippen LogP contribution in [0.4, 0.5) is 4.39 Å². The molecule has 0 bridgehead atoms. The third-order valence-electron chi connectivity index (χ3n) is 4.27. The van der Waals surface area contributed by atoms with Gasteiger partial charge in [0.15, 0.2) is 5.69 Å². The van der Waals surface area contributed by atoms with Gasteiger partial charge in [-0.25, -0.2) is 14.2 Å². The molecule has 3 aromatic rings. The fourth-order valence-electron chi connectivity index (χ4n) is 3.11. The highest BCUT2D eigenvalue weighted by atomic mass is 19.1. The predicted molar refractivity (Wildman–Crippen MR) is 95.3 cm³/mol. The first-order valence-corrected chi connectivity index (χ1v) is 8.33. The van der Waals surface area contributed by atoms with E-state index in [1.165, 1.54) is 6.07 Å². The summed E-state index contributed by atoms with van der Waals surface area (Å²) in [5.74, 6) is -0.820. The monoisotopic (exact) mass is 349 g/mol. The van der Waals surface area contributed by atoms with Gasteiger partial charge in [0, 0.05) is 11.1 Å². The molecule has 0 N–H and O–H groups in total. The fourth-order valence-corrected chi connectivity index (χ4v) is 3.11. The Morgan fingerprint density at radius 3 is 2.65 bits per heavy atom. The van der Waals surface area contributed by atoms with E-state index in [0.717, 1.165) is 11.3 Å². The number of halogens is 1. The SMILES string of the molecule is CCOC(=O)c1ncn2c1CN=C(c1ccccc1F)c1ccccc1-2. The number of rotatable bonds is 3. The maximum absolute atomic E-state index is 14.4. The first kappa shape index (κ1) is 16.2. The smallest absolute Gasteiger partial charge is 0.358 e. The zero-order valence-electron chi connectivity index (χ0n) is 14.1. The highest BCUT2D eigenvalue weighted by Crippen LogP contribution is 2.27. The molecule has 0 saturated heterocycles. The molecule has 4 rings (SSSR count). The number of aliphatic imine (C=N–C) groups is 1. The van der Waals surface area contributed by atoms with Gasteiger partial charge in [-0.05, 0) is 25.1 Å². The number of benzene rings is 2. The number of carbonyl (C=O) groups is 1. The summed E-state index contributed by atoms with van der Waals surface area (Å²) in [4.78, 5) is 21.0. The van der Waals surface area contributed by atoms with Crippen LogP contribution in [0.2, 0.25) is 0 Å². The molecule has 1 aliphatic rings. The minimum Gasteiger partial charge on any atom is -0.461 e. The quantitative estimate of drug-likeness (QED) is 0.680. The summed E-state index contributed by atoms with van der Waals surface area (Å²) < 4.78 is 21.3. The van der Waals surface area contributed by atoms with Crippen LogP contribution in [0.3, 0.4) is 0 Å². The van der Waals surface area contributed by atoms with Crippen LogP contribution in [-0.2, 0) is 11.3 Å². The lowest BCUT2D eigenvalue weighted by Crippen LogP contribution is -2.09. The van der Waals surface area contributed by atoms with Crippen molar-refractivity contribution in [3.8, 4) is 5.69 Å². The van der Waals surface area contributed by atoms with Crippen LogP contribution < -0.4 is 0 Å². The molecular formula is C20H16FN3O2. The fraction of sp³-hybridized carbons (Fsp3) is 0.150. The number of hydrogen-bond donors (Lipinski definition) is 0. The molecule has 0 saturated carbocycles. The van der Waals surface area contributed by atoms with Crippen molar-refractivity contribution in [3.05, 3.63) is 83.2 Å². The number of nitrogens with zero attached hydrogens (tertiary/aromatic N) is 3. The molecule has 130 valence electrons. The van der Waals surface area contributed by atoms with Crippen LogP contribution in [0.5, 0.6) is 0 Å². The molecular weight excluding hydrogens is 333 g/mol. The zero-order chi connectivity index (χ0) is 18.1. The van der Waals surface area contributed by atoms with Gasteiger partial charge in [0.05, 0.1) is 30.2 Å². The Morgan fingerprint density at radius 2 is 1.88 bits per heavy atom. The maximum Gasteiger partial charge on any atom is 0.358 e. The van der Waals surface area contributed by atoms with Gasteiger partial charge >= 0.3 is 5.97 Å². The van der Waals surface area contributed by atoms with Gasteiger partial charge in [0.1, 0.15) is 12.1 Å². The van der Waals surface area contributed by atoms with E-state index in [1.807, 2.05) is 28.8 Å². The van der Waals surface area contributed by atoms with Crippen LogP contribution in [0.25, 0.3) is 5.69 Å². The predicted octanol–water partition coefficient (Wildman–Crippen LogP) is 3.54. The van der Waals surface area contributed by atoms with Crippen molar-refractivity contribution in [3.63, 3.8) is 0 Å². The maximum atomic E-state index is 14.4. The van der Waals surface area contributed by atoms with Gasteiger partial charge in [-0.2, -0.15) is 0 Å². The van der Waals surface area contributed by atoms with Crippen LogP contribution >= 0.6 is 0 Å². The van der Waals surface area contributed by atoms with E-state index in [1.54, 1.807) is 31.5 Å². The molecule has 0 amide bonds. The van der Waals surface area contributed by atoms with Crippen molar-refractivity contribution in [2.75, 3.05) is 6.61 Å². The molecule has 1 aliphatic heterocycles. The molecule has 1 aromatic heterocycles. The van der Waals surface area contributed by atoms with Crippen LogP contribution in [0.1, 0.15) is 34.2 Å². The molecule has 2 aromatic carbocycles. The van der Waals surface area contributed by atoms with Gasteiger partial charge < -0.3 is 4.74 Å². The Balaban J connectivity index is 1.91. The zero-order valence-corrected chi connectivity index (χ0v) is 14.1. The summed E-state index contributed by atoms with van der Waals surface area (Å²) in [5.41, 5.74) is 3.42. The van der Waals surface area contributed by atoms with Gasteiger partial charge in [-0.1, -0.05) is 30.3 Å². The molecule has 5 nitrogen and oxygen atoms in total. The number of fused-ring (bicyclic) bond motifs is 3. The van der Waals surface area contributed by atoms with E-state index in [4.69, 9.17) is 4.74 Å². The molecule has 2 heterocycles. The largest absolute Gasteiger partial charge is 0.461 e. The summed E-state index contributed by atoms with van der Waals surface area (Å²) in [5, 5.41) is 0. The average Bonchev–Trinajstić information content (AvgIpc) is 3.01. The van der Waals surface area contributed by atoms with E-state index in [0.29, 0.717) is 17.0 Å². The number of imidazole rings is 1. The van der Waals surface area contributed by atoms with E-state index in [2.05, 4.69) is 9.98 Å². The van der Waals surface area contributed by atoms with Gasteiger partial charge in [-0.3, -0.25) is 9.56 Å². The minimum atomic E-state index is -0.483. The molecule has 6 heteroatoms. The van der Waals surface area contributed by atoms with Crippen LogP contribution in [0.15, 0.2) is 59.9 Å². The Labute approximate surface area is 149 Å². The molecule has 0 spiro atoms. The summed E-state index contributed by atoms with van der Waals surface area (Å²) in [6.45, 7) is 2.22. The van der Waals surface area contributed by atoms with Crippen molar-refractivity contribution in [2.24, 2.45) is 4.99 Å². The topological polar surface area (TPSA) is 56.5 Å². The third kappa shape index (κ3) is 2.60. The van der Waals surface area contributed by atoms with Gasteiger partial charge in [0.2, 0.25) is 0 Å². The lowest BCUT2D eigenvalue weighted by molar-refractivity contribution is 0.0518. The number of hydrogen-bond acceptors (Lipinski definition) is 4. The minimum absolute atomic E-state index is 0.201. The second kappa shape index (κ2) is 6.55. The van der Waals surface area contributed by atoms with E-state index in [-0.39, 0.29) is 24.7 Å². The highest BCUT2D eigenvalue weighted by Gasteiger charge is 2.25. The second-order valence-electron chi connectivity index (χ2n) is 5.79. The first-order valence-electron chi connectivity index (χ1n) is 8.33. The van der Waals surface area contributed by atoms with Crippen molar-refractivity contribution in [2.45, 2.75) is 13.5 Å². The van der Waals surface area contributed by atoms with E-state index < -0.39 is 5.97 Å². The molecule has 0 fully saturated rings. The molecule has 0 atom stereocenters. The Bertz CT molecular complexity index is 1020. The molecule has 0 unspecified atom stereocenters. The summed E-state index contributed by atoms with van der Waals surface area (Å²) in [6, 6.07) is 14.1. The van der Waals surface area contributed by atoms with E-state index >= 15 is 0 Å². The number of ether oxygens (including phenoxy) is 1. The van der Waals surface area contributed by atoms with Crippen LogP contribution in [0, 0.1) is 5.82 Å². The second-order valence-corrected chi connectivity index (χ2v) is 5.79. The summed E-state index contributed by atoms with van der Waals surface area (Å²) in [7, 11) is 0. The first-order chi connectivity index (χ1) is 12.7. The molecule has 26 heavy (non-hydrogen) atoms. The third-order valence-corrected chi connectivity index (χ3v) is 4.27. The van der Waals surface area contributed by atoms with Crippen molar-refractivity contribution in [1.82, 2.24) is 9.55 Å². The van der Waals surface area contributed by atoms with Crippen LogP contribution in [-0.4, -0.2) is 27.8 Å². The number of para-hydroxylation sites is 1. The Kier molecular flexibility index (Phi) is 4.08. The number of aromatic nitrogens is 2. The summed E-state index contributed by atoms with van der Waals surface area (Å²) in [6.07, 6.45) is 1.58. The molecule has 0 radical (unpaired) electrons. The van der Waals surface area contributed by atoms with Gasteiger partial charge in [-0.15, -0.1) is 0 Å². The standard InChI is InChI=1S/C20H16FN3O2/c1-2-26-20(25)19-17-11-22-18(13-7-3-5-9-15(13)21)14-8-4-6-10-16(14)24(17)12-23-19/h3-10,12H,2,11H2,1H3. The number of esters is 1. The summed E-state index contributed by atoms with van der Waals surface area (Å²) >= 11 is 0. The lowest BCUT2D eigenvalue weighted by atomic mass is 10.00. The van der Waals surface area contributed by atoms with Crippen molar-refractivity contribution in [1.29, 1.82) is 0 Å². The number of carbonyl (C=O) groups excluding carboxylic acids is 1. The Morgan fingerprint density at radius 1 is 1.15 bits per heavy atom. The van der Waals surface area contributed by atoms with Crippen molar-refractivity contribution >= 4 is 11.7 Å². The lowest BCUT2D eigenvalue weighted by Gasteiger charge is -2.11. The van der Waals surface area contributed by atoms with Crippen molar-refractivity contribution < 1.29 is 13.9 Å². The van der Waals surface area contributed by atoms with Gasteiger partial charge in [0.25, 0.3) is 0 Å². The Hall–Kier alpha value is -3.28. The van der Waals surface area contributed by atoms with E-state index in [9.17, 15) is 9.18 Å². The molecule has 0 aliphatic carbocycles. The average molecular weight is 349 g/mol.